The molecule has 9 heteroatoms. The number of fused-ring (bicyclic) bond motifs is 1. The largest absolute Gasteiger partial charge is 0.478 e. The van der Waals surface area contributed by atoms with Gasteiger partial charge in [-0.25, -0.2) is 4.79 Å². The Morgan fingerprint density at radius 3 is 2.18 bits per heavy atom. The predicted molar refractivity (Wildman–Crippen MR) is 125 cm³/mol. The number of hydrogen-bond donors (Lipinski definition) is 4. The van der Waals surface area contributed by atoms with Crippen molar-refractivity contribution < 1.29 is 24.7 Å². The highest BCUT2D eigenvalue weighted by molar-refractivity contribution is 6.03. The highest BCUT2D eigenvalue weighted by atomic mass is 16.4. The minimum absolute atomic E-state index is 0.0722. The van der Waals surface area contributed by atoms with Crippen molar-refractivity contribution in [1.82, 2.24) is 4.90 Å². The summed E-state index contributed by atoms with van der Waals surface area (Å²) >= 11 is 0. The quantitative estimate of drug-likeness (QED) is 0.200. The van der Waals surface area contributed by atoms with Crippen LogP contribution in [0.2, 0.25) is 0 Å². The SMILES string of the molecule is NC(=NO)c1ccc(C(=O)N2CCc3ccccc3[C@H]2C(=O)Nc2ccc(C(=O)O)cc2)cc1. The smallest absolute Gasteiger partial charge is 0.335 e. The summed E-state index contributed by atoms with van der Waals surface area (Å²) in [6.07, 6.45) is 0.598. The van der Waals surface area contributed by atoms with Crippen LogP contribution in [0.25, 0.3) is 0 Å². The lowest BCUT2D eigenvalue weighted by Gasteiger charge is -2.36. The van der Waals surface area contributed by atoms with Crippen molar-refractivity contribution in [2.24, 2.45) is 10.9 Å². The molecule has 3 aromatic rings. The van der Waals surface area contributed by atoms with Crippen LogP contribution in [0.5, 0.6) is 0 Å². The van der Waals surface area contributed by atoms with Crippen LogP contribution in [0.3, 0.4) is 0 Å². The van der Waals surface area contributed by atoms with Gasteiger partial charge in [0.25, 0.3) is 11.8 Å². The number of carbonyl (C=O) groups excluding carboxylic acids is 2. The topological polar surface area (TPSA) is 145 Å². The summed E-state index contributed by atoms with van der Waals surface area (Å²) in [5.41, 5.74) is 8.66. The average Bonchev–Trinajstić information content (AvgIpc) is 2.87. The molecular weight excluding hydrogens is 436 g/mol. The fourth-order valence-electron chi connectivity index (χ4n) is 3.98. The highest BCUT2D eigenvalue weighted by Gasteiger charge is 2.36. The van der Waals surface area contributed by atoms with E-state index in [9.17, 15) is 14.4 Å². The number of hydrogen-bond acceptors (Lipinski definition) is 5. The van der Waals surface area contributed by atoms with Gasteiger partial charge in [-0.3, -0.25) is 9.59 Å². The summed E-state index contributed by atoms with van der Waals surface area (Å²) in [5, 5.41) is 23.7. The fraction of sp³-hybridized carbons (Fsp3) is 0.120. The molecule has 5 N–H and O–H groups in total. The van der Waals surface area contributed by atoms with Gasteiger partial charge >= 0.3 is 5.97 Å². The summed E-state index contributed by atoms with van der Waals surface area (Å²) in [7, 11) is 0. The molecule has 34 heavy (non-hydrogen) atoms. The maximum atomic E-state index is 13.4. The van der Waals surface area contributed by atoms with Gasteiger partial charge in [-0.15, -0.1) is 0 Å². The Morgan fingerprint density at radius 2 is 1.53 bits per heavy atom. The number of carbonyl (C=O) groups is 3. The number of anilines is 1. The number of carboxylic acid groups (broad SMARTS) is 1. The van der Waals surface area contributed by atoms with E-state index in [0.29, 0.717) is 29.8 Å². The Kier molecular flexibility index (Phi) is 6.26. The first-order valence-electron chi connectivity index (χ1n) is 10.5. The number of aromatic carboxylic acids is 1. The first kappa shape index (κ1) is 22.5. The summed E-state index contributed by atoms with van der Waals surface area (Å²) in [6, 6.07) is 18.7. The van der Waals surface area contributed by atoms with E-state index in [1.807, 2.05) is 24.3 Å². The first-order chi connectivity index (χ1) is 16.4. The van der Waals surface area contributed by atoms with Gasteiger partial charge in [0.15, 0.2) is 5.84 Å². The summed E-state index contributed by atoms with van der Waals surface area (Å²) < 4.78 is 0. The van der Waals surface area contributed by atoms with Crippen molar-refractivity contribution in [3.8, 4) is 0 Å². The highest BCUT2D eigenvalue weighted by Crippen LogP contribution is 2.32. The minimum atomic E-state index is -1.06. The van der Waals surface area contributed by atoms with Gasteiger partial charge in [0, 0.05) is 23.4 Å². The lowest BCUT2D eigenvalue weighted by Crippen LogP contribution is -2.45. The third-order valence-electron chi connectivity index (χ3n) is 5.73. The molecule has 0 unspecified atom stereocenters. The van der Waals surface area contributed by atoms with E-state index < -0.39 is 17.9 Å². The molecule has 0 aliphatic carbocycles. The number of amides is 2. The van der Waals surface area contributed by atoms with E-state index in [4.69, 9.17) is 16.0 Å². The first-order valence-corrected chi connectivity index (χ1v) is 10.5. The van der Waals surface area contributed by atoms with Crippen LogP contribution >= 0.6 is 0 Å². The minimum Gasteiger partial charge on any atom is -0.478 e. The van der Waals surface area contributed by atoms with E-state index in [1.165, 1.54) is 29.2 Å². The number of carboxylic acids is 1. The van der Waals surface area contributed by atoms with E-state index in [2.05, 4.69) is 10.5 Å². The Labute approximate surface area is 195 Å². The molecule has 1 aliphatic rings. The molecule has 3 aromatic carbocycles. The van der Waals surface area contributed by atoms with Crippen molar-refractivity contribution >= 4 is 29.3 Å². The zero-order valence-corrected chi connectivity index (χ0v) is 18.0. The van der Waals surface area contributed by atoms with Crippen molar-refractivity contribution in [2.75, 3.05) is 11.9 Å². The van der Waals surface area contributed by atoms with Crippen LogP contribution in [0.4, 0.5) is 5.69 Å². The van der Waals surface area contributed by atoms with E-state index in [1.54, 1.807) is 24.3 Å². The summed E-state index contributed by atoms with van der Waals surface area (Å²) in [6.45, 7) is 0.341. The van der Waals surface area contributed by atoms with Crippen LogP contribution in [-0.2, 0) is 11.2 Å². The van der Waals surface area contributed by atoms with Crippen molar-refractivity contribution in [3.05, 3.63) is 101 Å². The molecule has 0 aromatic heterocycles. The van der Waals surface area contributed by atoms with Gasteiger partial charge in [-0.05, 0) is 53.9 Å². The maximum absolute atomic E-state index is 13.4. The zero-order valence-electron chi connectivity index (χ0n) is 18.0. The van der Waals surface area contributed by atoms with Crippen molar-refractivity contribution in [1.29, 1.82) is 0 Å². The third kappa shape index (κ3) is 4.44. The third-order valence-corrected chi connectivity index (χ3v) is 5.73. The predicted octanol–water partition coefficient (Wildman–Crippen LogP) is 2.86. The lowest BCUT2D eigenvalue weighted by atomic mass is 9.91. The number of benzene rings is 3. The van der Waals surface area contributed by atoms with Gasteiger partial charge in [0.2, 0.25) is 0 Å². The number of amidine groups is 1. The molecule has 0 radical (unpaired) electrons. The molecule has 0 fully saturated rings. The molecular formula is C25H22N4O5. The maximum Gasteiger partial charge on any atom is 0.335 e. The Balaban J connectivity index is 1.64. The van der Waals surface area contributed by atoms with Gasteiger partial charge < -0.3 is 26.3 Å². The number of nitrogens with one attached hydrogen (secondary N) is 1. The molecule has 0 spiro atoms. The van der Waals surface area contributed by atoms with E-state index >= 15 is 0 Å². The monoisotopic (exact) mass is 458 g/mol. The van der Waals surface area contributed by atoms with Crippen LogP contribution in [0.1, 0.15) is 43.4 Å². The van der Waals surface area contributed by atoms with Crippen molar-refractivity contribution in [2.45, 2.75) is 12.5 Å². The van der Waals surface area contributed by atoms with Crippen LogP contribution in [0.15, 0.2) is 78.0 Å². The normalized spacial score (nSPS) is 15.4. The number of rotatable bonds is 5. The standard InChI is InChI=1S/C25H22N4O5/c26-22(28-34)16-5-7-17(8-6-16)24(31)29-14-13-15-3-1-2-4-20(15)21(29)23(30)27-19-11-9-18(10-12-19)25(32)33/h1-12,21,34H,13-14H2,(H2,26,28)(H,27,30)(H,32,33)/t21-/m0/s1. The number of nitrogens with zero attached hydrogens (tertiary/aromatic N) is 2. The molecule has 1 aliphatic heterocycles. The van der Waals surface area contributed by atoms with E-state index in [-0.39, 0.29) is 17.3 Å². The molecule has 4 rings (SSSR count). The lowest BCUT2D eigenvalue weighted by molar-refractivity contribution is -0.121. The fourth-order valence-corrected chi connectivity index (χ4v) is 3.98. The van der Waals surface area contributed by atoms with Crippen LogP contribution < -0.4 is 11.1 Å². The average molecular weight is 458 g/mol. The van der Waals surface area contributed by atoms with Gasteiger partial charge in [0.05, 0.1) is 5.56 Å². The summed E-state index contributed by atoms with van der Waals surface area (Å²) in [4.78, 5) is 39.4. The van der Waals surface area contributed by atoms with Gasteiger partial charge in [-0.2, -0.15) is 0 Å². The molecule has 1 atom stereocenters. The second-order valence-corrected chi connectivity index (χ2v) is 7.78. The summed E-state index contributed by atoms with van der Waals surface area (Å²) in [5.74, 6) is -1.87. The molecule has 0 saturated carbocycles. The van der Waals surface area contributed by atoms with Gasteiger partial charge in [0.1, 0.15) is 6.04 Å². The Morgan fingerprint density at radius 1 is 0.912 bits per heavy atom. The molecule has 9 nitrogen and oxygen atoms in total. The van der Waals surface area contributed by atoms with Crippen LogP contribution in [-0.4, -0.2) is 45.4 Å². The second-order valence-electron chi connectivity index (χ2n) is 7.78. The Bertz CT molecular complexity index is 1270. The molecule has 0 saturated heterocycles. The Hall–Kier alpha value is -4.66. The van der Waals surface area contributed by atoms with Crippen LogP contribution in [0, 0.1) is 0 Å². The molecule has 1 heterocycles. The number of oxime groups is 1. The molecule has 2 amide bonds. The van der Waals surface area contributed by atoms with Crippen molar-refractivity contribution in [3.63, 3.8) is 0 Å². The van der Waals surface area contributed by atoms with E-state index in [0.717, 1.165) is 11.1 Å². The zero-order chi connectivity index (χ0) is 24.2. The number of nitrogens with two attached hydrogens (primary N) is 1. The second kappa shape index (κ2) is 9.45. The molecule has 172 valence electrons. The molecule has 0 bridgehead atoms. The van der Waals surface area contributed by atoms with Gasteiger partial charge in [-0.1, -0.05) is 41.6 Å².